The van der Waals surface area contributed by atoms with Crippen molar-refractivity contribution in [3.8, 4) is 6.07 Å². The van der Waals surface area contributed by atoms with E-state index in [4.69, 9.17) is 16.9 Å². The first-order chi connectivity index (χ1) is 11.5. The lowest BCUT2D eigenvalue weighted by molar-refractivity contribution is 0.0698. The molecule has 0 bridgehead atoms. The number of amides is 1. The van der Waals surface area contributed by atoms with Crippen LogP contribution in [0.3, 0.4) is 0 Å². The van der Waals surface area contributed by atoms with E-state index in [1.54, 1.807) is 24.3 Å². The Morgan fingerprint density at radius 3 is 2.67 bits per heavy atom. The molecule has 0 aliphatic rings. The topological polar surface area (TPSA) is 106 Å². The molecule has 0 unspecified atom stereocenters. The molecule has 1 aromatic heterocycles. The van der Waals surface area contributed by atoms with Gasteiger partial charge in [0, 0.05) is 15.9 Å². The molecule has 0 aliphatic heterocycles. The number of halogens is 1. The lowest BCUT2D eigenvalue weighted by Crippen LogP contribution is -2.15. The summed E-state index contributed by atoms with van der Waals surface area (Å²) >= 11 is 5.91. The maximum absolute atomic E-state index is 12.4. The van der Waals surface area contributed by atoms with Crippen molar-refractivity contribution in [2.45, 2.75) is 0 Å². The first kappa shape index (κ1) is 15.6. The number of carboxylic acid groups (broad SMARTS) is 1. The highest BCUT2D eigenvalue weighted by molar-refractivity contribution is 6.31. The summed E-state index contributed by atoms with van der Waals surface area (Å²) in [6.07, 6.45) is 0. The highest BCUT2D eigenvalue weighted by Crippen LogP contribution is 2.22. The van der Waals surface area contributed by atoms with E-state index in [0.717, 1.165) is 5.39 Å². The largest absolute Gasteiger partial charge is 0.478 e. The zero-order valence-electron chi connectivity index (χ0n) is 12.1. The van der Waals surface area contributed by atoms with Crippen LogP contribution in [0.4, 0.5) is 5.69 Å². The van der Waals surface area contributed by atoms with Gasteiger partial charge >= 0.3 is 5.97 Å². The number of anilines is 1. The number of nitrogens with zero attached hydrogens (tertiary/aromatic N) is 1. The average Bonchev–Trinajstić information content (AvgIpc) is 2.98. The summed E-state index contributed by atoms with van der Waals surface area (Å²) < 4.78 is 0. The number of carbonyl (C=O) groups excluding carboxylic acids is 1. The van der Waals surface area contributed by atoms with Crippen LogP contribution >= 0.6 is 11.6 Å². The number of aromatic carboxylic acids is 1. The molecule has 0 spiro atoms. The highest BCUT2D eigenvalue weighted by Gasteiger charge is 2.16. The number of carboxylic acids is 1. The molecule has 1 amide bonds. The molecular formula is C17H10ClN3O3. The molecule has 3 N–H and O–H groups in total. The van der Waals surface area contributed by atoms with Gasteiger partial charge in [-0.25, -0.2) is 4.79 Å². The van der Waals surface area contributed by atoms with Crippen molar-refractivity contribution in [3.63, 3.8) is 0 Å². The molecule has 0 saturated heterocycles. The van der Waals surface area contributed by atoms with E-state index < -0.39 is 11.9 Å². The van der Waals surface area contributed by atoms with Crippen LogP contribution in [-0.2, 0) is 0 Å². The van der Waals surface area contributed by atoms with E-state index in [0.29, 0.717) is 10.5 Å². The van der Waals surface area contributed by atoms with Crippen molar-refractivity contribution >= 4 is 40.1 Å². The van der Waals surface area contributed by atoms with E-state index in [1.165, 1.54) is 18.2 Å². The van der Waals surface area contributed by atoms with Crippen LogP contribution in [-0.4, -0.2) is 22.0 Å². The molecule has 7 heteroatoms. The standard InChI is InChI=1S/C17H10ClN3O3/c18-11-3-2-10-6-15(20-14(10)7-11)16(22)21-13-4-1-9(8-19)5-12(13)17(23)24/h1-7,20H,(H,21,22)(H,23,24). The number of nitrogens with one attached hydrogen (secondary N) is 2. The average molecular weight is 340 g/mol. The van der Waals surface area contributed by atoms with Crippen LogP contribution < -0.4 is 5.32 Å². The predicted molar refractivity (Wildman–Crippen MR) is 89.4 cm³/mol. The molecule has 0 fully saturated rings. The minimum absolute atomic E-state index is 0.114. The first-order valence-electron chi connectivity index (χ1n) is 6.85. The zero-order valence-corrected chi connectivity index (χ0v) is 12.9. The van der Waals surface area contributed by atoms with Crippen molar-refractivity contribution in [3.05, 3.63) is 64.3 Å². The number of carbonyl (C=O) groups is 2. The van der Waals surface area contributed by atoms with Crippen LogP contribution in [0.1, 0.15) is 26.4 Å². The second-order valence-electron chi connectivity index (χ2n) is 5.05. The maximum atomic E-state index is 12.4. The predicted octanol–water partition coefficient (Wildman–Crippen LogP) is 3.64. The summed E-state index contributed by atoms with van der Waals surface area (Å²) in [6, 6.07) is 12.7. The summed E-state index contributed by atoms with van der Waals surface area (Å²) in [5, 5.41) is 22.0. The Hall–Kier alpha value is -3.30. The molecule has 24 heavy (non-hydrogen) atoms. The summed E-state index contributed by atoms with van der Waals surface area (Å²) in [7, 11) is 0. The molecule has 0 saturated carbocycles. The van der Waals surface area contributed by atoms with Crippen LogP contribution in [0.5, 0.6) is 0 Å². The van der Waals surface area contributed by atoms with Crippen LogP contribution in [0, 0.1) is 11.3 Å². The van der Waals surface area contributed by atoms with Gasteiger partial charge in [0.1, 0.15) is 5.69 Å². The van der Waals surface area contributed by atoms with Crippen molar-refractivity contribution in [2.75, 3.05) is 5.32 Å². The normalized spacial score (nSPS) is 10.3. The summed E-state index contributed by atoms with van der Waals surface area (Å²) in [4.78, 5) is 26.6. The van der Waals surface area contributed by atoms with Crippen LogP contribution in [0.25, 0.3) is 10.9 Å². The Balaban J connectivity index is 1.94. The fourth-order valence-corrected chi connectivity index (χ4v) is 2.48. The number of benzene rings is 2. The van der Waals surface area contributed by atoms with E-state index in [1.807, 2.05) is 6.07 Å². The quantitative estimate of drug-likeness (QED) is 0.677. The molecule has 0 radical (unpaired) electrons. The van der Waals surface area contributed by atoms with Gasteiger partial charge in [-0.05, 0) is 36.4 Å². The second-order valence-corrected chi connectivity index (χ2v) is 5.48. The number of H-pyrrole nitrogens is 1. The number of fused-ring (bicyclic) bond motifs is 1. The van der Waals surface area contributed by atoms with E-state index >= 15 is 0 Å². The van der Waals surface area contributed by atoms with Crippen molar-refractivity contribution in [1.29, 1.82) is 5.26 Å². The molecule has 3 rings (SSSR count). The number of hydrogen-bond donors (Lipinski definition) is 3. The van der Waals surface area contributed by atoms with E-state index in [9.17, 15) is 14.7 Å². The maximum Gasteiger partial charge on any atom is 0.337 e. The fourth-order valence-electron chi connectivity index (χ4n) is 2.31. The van der Waals surface area contributed by atoms with E-state index in [-0.39, 0.29) is 22.5 Å². The van der Waals surface area contributed by atoms with E-state index in [2.05, 4.69) is 10.3 Å². The molecule has 1 heterocycles. The molecule has 0 atom stereocenters. The van der Waals surface area contributed by atoms with Gasteiger partial charge in [0.2, 0.25) is 0 Å². The Morgan fingerprint density at radius 2 is 1.96 bits per heavy atom. The van der Waals surface area contributed by atoms with Gasteiger partial charge in [-0.15, -0.1) is 0 Å². The third-order valence-corrected chi connectivity index (χ3v) is 3.69. The molecule has 2 aromatic carbocycles. The number of aromatic amines is 1. The summed E-state index contributed by atoms with van der Waals surface area (Å²) in [5.74, 6) is -1.72. The van der Waals surface area contributed by atoms with Gasteiger partial charge in [0.25, 0.3) is 5.91 Å². The molecular weight excluding hydrogens is 330 g/mol. The second kappa shape index (κ2) is 6.07. The third kappa shape index (κ3) is 2.93. The minimum Gasteiger partial charge on any atom is -0.478 e. The summed E-state index contributed by atoms with van der Waals surface area (Å²) in [6.45, 7) is 0. The minimum atomic E-state index is -1.23. The summed E-state index contributed by atoms with van der Waals surface area (Å²) in [5.41, 5.74) is 1.13. The van der Waals surface area contributed by atoms with Crippen molar-refractivity contribution in [2.24, 2.45) is 0 Å². The number of hydrogen-bond acceptors (Lipinski definition) is 3. The number of nitriles is 1. The third-order valence-electron chi connectivity index (χ3n) is 3.46. The van der Waals surface area contributed by atoms with Crippen LogP contribution in [0.2, 0.25) is 5.02 Å². The van der Waals surface area contributed by atoms with Crippen LogP contribution in [0.15, 0.2) is 42.5 Å². The van der Waals surface area contributed by atoms with Crippen molar-refractivity contribution < 1.29 is 14.7 Å². The zero-order chi connectivity index (χ0) is 17.3. The lowest BCUT2D eigenvalue weighted by Gasteiger charge is -2.07. The van der Waals surface area contributed by atoms with Gasteiger partial charge in [-0.3, -0.25) is 4.79 Å². The number of rotatable bonds is 3. The fraction of sp³-hybridized carbons (Fsp3) is 0. The van der Waals surface area contributed by atoms with Crippen molar-refractivity contribution in [1.82, 2.24) is 4.98 Å². The molecule has 6 nitrogen and oxygen atoms in total. The molecule has 0 aliphatic carbocycles. The monoisotopic (exact) mass is 339 g/mol. The molecule has 3 aromatic rings. The Kier molecular flexibility index (Phi) is 3.94. The molecule has 118 valence electrons. The van der Waals surface area contributed by atoms with Gasteiger partial charge in [0.05, 0.1) is 22.9 Å². The Bertz CT molecular complexity index is 1020. The lowest BCUT2D eigenvalue weighted by atomic mass is 10.1. The van der Waals surface area contributed by atoms with Gasteiger partial charge in [0.15, 0.2) is 0 Å². The Morgan fingerprint density at radius 1 is 1.17 bits per heavy atom. The SMILES string of the molecule is N#Cc1ccc(NC(=O)c2cc3ccc(Cl)cc3[nH]2)c(C(=O)O)c1. The highest BCUT2D eigenvalue weighted by atomic mass is 35.5. The first-order valence-corrected chi connectivity index (χ1v) is 7.23. The Labute approximate surface area is 141 Å². The van der Waals surface area contributed by atoms with Gasteiger partial charge < -0.3 is 15.4 Å². The smallest absolute Gasteiger partial charge is 0.337 e. The van der Waals surface area contributed by atoms with Gasteiger partial charge in [-0.1, -0.05) is 17.7 Å². The number of aromatic nitrogens is 1. The van der Waals surface area contributed by atoms with Gasteiger partial charge in [-0.2, -0.15) is 5.26 Å².